The zero-order valence-corrected chi connectivity index (χ0v) is 12.6. The van der Waals surface area contributed by atoms with Crippen LogP contribution in [0, 0.1) is 5.41 Å². The van der Waals surface area contributed by atoms with E-state index in [-0.39, 0.29) is 17.9 Å². The quantitative estimate of drug-likeness (QED) is 0.828. The molecule has 1 N–H and O–H groups in total. The molecule has 2 amide bonds. The molecule has 2 aliphatic rings. The third-order valence-electron chi connectivity index (χ3n) is 4.93. The van der Waals surface area contributed by atoms with Crippen molar-refractivity contribution in [3.05, 3.63) is 0 Å². The van der Waals surface area contributed by atoms with E-state index in [1.807, 2.05) is 25.7 Å². The van der Waals surface area contributed by atoms with E-state index in [0.717, 1.165) is 19.4 Å². The molecule has 1 saturated carbocycles. The molecule has 19 heavy (non-hydrogen) atoms. The van der Waals surface area contributed by atoms with Crippen molar-refractivity contribution in [2.45, 2.75) is 71.4 Å². The maximum Gasteiger partial charge on any atom is 0.248 e. The Balaban J connectivity index is 2.17. The second-order valence-electron chi connectivity index (χ2n) is 6.53. The lowest BCUT2D eigenvalue weighted by molar-refractivity contribution is -0.154. The monoisotopic (exact) mass is 266 g/mol. The van der Waals surface area contributed by atoms with Crippen molar-refractivity contribution in [2.24, 2.45) is 5.41 Å². The molecule has 0 radical (unpaired) electrons. The van der Waals surface area contributed by atoms with E-state index in [1.165, 1.54) is 12.8 Å². The van der Waals surface area contributed by atoms with Crippen molar-refractivity contribution in [3.8, 4) is 0 Å². The molecule has 2 unspecified atom stereocenters. The normalized spacial score (nSPS) is 33.3. The number of nitrogens with zero attached hydrogens (tertiary/aromatic N) is 1. The van der Waals surface area contributed by atoms with Crippen LogP contribution in [0.5, 0.6) is 0 Å². The van der Waals surface area contributed by atoms with Crippen LogP contribution >= 0.6 is 0 Å². The summed E-state index contributed by atoms with van der Waals surface area (Å²) in [6, 6.07) is -0.332. The van der Waals surface area contributed by atoms with Crippen molar-refractivity contribution in [2.75, 3.05) is 6.54 Å². The summed E-state index contributed by atoms with van der Waals surface area (Å²) in [6.45, 7) is 8.57. The molecule has 0 spiro atoms. The van der Waals surface area contributed by atoms with Crippen LogP contribution in [0.15, 0.2) is 0 Å². The molecule has 108 valence electrons. The second kappa shape index (κ2) is 4.80. The minimum absolute atomic E-state index is 0.0174. The van der Waals surface area contributed by atoms with Gasteiger partial charge in [-0.05, 0) is 44.9 Å². The lowest BCUT2D eigenvalue weighted by atomic mass is 9.90. The summed E-state index contributed by atoms with van der Waals surface area (Å²) in [7, 11) is 0. The summed E-state index contributed by atoms with van der Waals surface area (Å²) in [6.07, 6.45) is 5.34. The minimum atomic E-state index is -0.716. The number of rotatable bonds is 5. The van der Waals surface area contributed by atoms with Gasteiger partial charge in [0.2, 0.25) is 11.8 Å². The highest BCUT2D eigenvalue weighted by molar-refractivity contribution is 5.99. The van der Waals surface area contributed by atoms with Crippen LogP contribution in [0.1, 0.15) is 59.8 Å². The maximum atomic E-state index is 12.7. The fourth-order valence-corrected chi connectivity index (χ4v) is 3.07. The van der Waals surface area contributed by atoms with Gasteiger partial charge >= 0.3 is 0 Å². The van der Waals surface area contributed by atoms with Gasteiger partial charge in [0.05, 0.1) is 0 Å². The molecule has 2 rings (SSSR count). The zero-order chi connectivity index (χ0) is 14.3. The van der Waals surface area contributed by atoms with Crippen molar-refractivity contribution < 1.29 is 9.59 Å². The molecular weight excluding hydrogens is 240 g/mol. The summed E-state index contributed by atoms with van der Waals surface area (Å²) < 4.78 is 0. The molecule has 0 aromatic rings. The standard InChI is InChI=1S/C15H26N2O2/c1-5-7-15(8-9-15)10-17-11(3)12(18)16-14(4,6-2)13(17)19/h11H,5-10H2,1-4H3,(H,16,18). The summed E-state index contributed by atoms with van der Waals surface area (Å²) >= 11 is 0. The van der Waals surface area contributed by atoms with Gasteiger partial charge in [0.25, 0.3) is 0 Å². The molecule has 1 heterocycles. The van der Waals surface area contributed by atoms with E-state index in [4.69, 9.17) is 0 Å². The molecular formula is C15H26N2O2. The van der Waals surface area contributed by atoms with Gasteiger partial charge in [0.1, 0.15) is 11.6 Å². The molecule has 0 aromatic heterocycles. The first-order valence-corrected chi connectivity index (χ1v) is 7.50. The topological polar surface area (TPSA) is 49.4 Å². The van der Waals surface area contributed by atoms with Crippen LogP contribution in [0.4, 0.5) is 0 Å². The first-order chi connectivity index (χ1) is 8.87. The van der Waals surface area contributed by atoms with Crippen LogP contribution in [0.3, 0.4) is 0 Å². The van der Waals surface area contributed by atoms with Gasteiger partial charge in [0.15, 0.2) is 0 Å². The van der Waals surface area contributed by atoms with Gasteiger partial charge in [-0.2, -0.15) is 0 Å². The van der Waals surface area contributed by atoms with Crippen LogP contribution in [-0.4, -0.2) is 34.8 Å². The van der Waals surface area contributed by atoms with Gasteiger partial charge < -0.3 is 10.2 Å². The summed E-state index contributed by atoms with van der Waals surface area (Å²) in [5.74, 6) is 0.0701. The number of carbonyl (C=O) groups is 2. The molecule has 2 atom stereocenters. The minimum Gasteiger partial charge on any atom is -0.340 e. The fourth-order valence-electron chi connectivity index (χ4n) is 3.07. The molecule has 1 aliphatic carbocycles. The average molecular weight is 266 g/mol. The lowest BCUT2D eigenvalue weighted by Gasteiger charge is -2.44. The number of hydrogen-bond acceptors (Lipinski definition) is 2. The second-order valence-corrected chi connectivity index (χ2v) is 6.53. The van der Waals surface area contributed by atoms with E-state index in [9.17, 15) is 9.59 Å². The van der Waals surface area contributed by atoms with Crippen molar-refractivity contribution in [1.82, 2.24) is 10.2 Å². The fraction of sp³-hybridized carbons (Fsp3) is 0.867. The summed E-state index contributed by atoms with van der Waals surface area (Å²) in [5.41, 5.74) is -0.420. The van der Waals surface area contributed by atoms with Crippen molar-refractivity contribution >= 4 is 11.8 Å². The van der Waals surface area contributed by atoms with E-state index < -0.39 is 5.54 Å². The lowest BCUT2D eigenvalue weighted by Crippen LogP contribution is -2.68. The van der Waals surface area contributed by atoms with Gasteiger partial charge in [-0.25, -0.2) is 0 Å². The summed E-state index contributed by atoms with van der Waals surface area (Å²) in [4.78, 5) is 26.6. The van der Waals surface area contributed by atoms with Crippen LogP contribution in [0.2, 0.25) is 0 Å². The highest BCUT2D eigenvalue weighted by Crippen LogP contribution is 2.50. The largest absolute Gasteiger partial charge is 0.340 e. The Morgan fingerprint density at radius 2 is 1.95 bits per heavy atom. The van der Waals surface area contributed by atoms with E-state index >= 15 is 0 Å². The van der Waals surface area contributed by atoms with Gasteiger partial charge in [-0.15, -0.1) is 0 Å². The van der Waals surface area contributed by atoms with Crippen LogP contribution in [0.25, 0.3) is 0 Å². The van der Waals surface area contributed by atoms with E-state index in [2.05, 4.69) is 12.2 Å². The average Bonchev–Trinajstić information content (AvgIpc) is 3.13. The van der Waals surface area contributed by atoms with Crippen molar-refractivity contribution in [3.63, 3.8) is 0 Å². The Bertz CT molecular complexity index is 390. The Morgan fingerprint density at radius 3 is 2.42 bits per heavy atom. The van der Waals surface area contributed by atoms with Gasteiger partial charge in [-0.1, -0.05) is 20.3 Å². The van der Waals surface area contributed by atoms with E-state index in [1.54, 1.807) is 0 Å². The molecule has 4 heteroatoms. The Hall–Kier alpha value is -1.06. The van der Waals surface area contributed by atoms with Gasteiger partial charge in [-0.3, -0.25) is 9.59 Å². The first kappa shape index (κ1) is 14.4. The van der Waals surface area contributed by atoms with E-state index in [0.29, 0.717) is 11.8 Å². The SMILES string of the molecule is CCCC1(CN2C(=O)C(C)(CC)NC(=O)C2C)CC1. The third-order valence-corrected chi connectivity index (χ3v) is 4.93. The van der Waals surface area contributed by atoms with Gasteiger partial charge in [0, 0.05) is 6.54 Å². The maximum absolute atomic E-state index is 12.7. The van der Waals surface area contributed by atoms with Crippen molar-refractivity contribution in [1.29, 1.82) is 0 Å². The predicted molar refractivity (Wildman–Crippen MR) is 74.6 cm³/mol. The number of amides is 2. The number of nitrogens with one attached hydrogen (secondary N) is 1. The molecule has 1 aliphatic heterocycles. The highest BCUT2D eigenvalue weighted by atomic mass is 16.2. The number of hydrogen-bond donors (Lipinski definition) is 1. The Kier molecular flexibility index (Phi) is 3.63. The smallest absolute Gasteiger partial charge is 0.248 e. The van der Waals surface area contributed by atoms with Crippen LogP contribution < -0.4 is 5.32 Å². The predicted octanol–water partition coefficient (Wildman–Crippen LogP) is 2.08. The first-order valence-electron chi connectivity index (χ1n) is 7.50. The third kappa shape index (κ3) is 2.49. The number of piperazine rings is 1. The zero-order valence-electron chi connectivity index (χ0n) is 12.6. The molecule has 2 fully saturated rings. The molecule has 0 aromatic carbocycles. The Labute approximate surface area is 115 Å². The summed E-state index contributed by atoms with van der Waals surface area (Å²) in [5, 5.41) is 2.88. The Morgan fingerprint density at radius 1 is 1.32 bits per heavy atom. The molecule has 4 nitrogen and oxygen atoms in total. The van der Waals surface area contributed by atoms with Crippen LogP contribution in [-0.2, 0) is 9.59 Å². The highest BCUT2D eigenvalue weighted by Gasteiger charge is 2.50. The molecule has 1 saturated heterocycles. The molecule has 0 bridgehead atoms. The number of carbonyl (C=O) groups excluding carboxylic acids is 2.